The molecule has 0 aromatic carbocycles. The summed E-state index contributed by atoms with van der Waals surface area (Å²) in [5.41, 5.74) is 0. The number of hydrogen-bond donors (Lipinski definition) is 3. The monoisotopic (exact) mass is 307 g/mol. The summed E-state index contributed by atoms with van der Waals surface area (Å²) in [6.45, 7) is 0. The molecule has 1 saturated heterocycles. The van der Waals surface area contributed by atoms with Crippen LogP contribution in [-0.4, -0.2) is 38.3 Å². The smallest absolute Gasteiger partial charge is 0.319 e. The molecular formula is C6H15NO7P2S. The Morgan fingerprint density at radius 2 is 1.71 bits per heavy atom. The van der Waals surface area contributed by atoms with Gasteiger partial charge in [-0.2, -0.15) is 0 Å². The summed E-state index contributed by atoms with van der Waals surface area (Å²) in [4.78, 5) is 17.2. The van der Waals surface area contributed by atoms with Crippen LogP contribution in [0.25, 0.3) is 0 Å². The van der Waals surface area contributed by atoms with Crippen molar-refractivity contribution in [1.29, 1.82) is 0 Å². The van der Waals surface area contributed by atoms with E-state index in [2.05, 4.69) is 14.4 Å². The van der Waals surface area contributed by atoms with Crippen LogP contribution in [0, 0.1) is 0 Å². The van der Waals surface area contributed by atoms with Gasteiger partial charge in [0.2, 0.25) is 6.41 Å². The molecule has 2 atom stereocenters. The van der Waals surface area contributed by atoms with Crippen LogP contribution in [0.1, 0.15) is 12.8 Å². The average molecular weight is 307 g/mol. The molecule has 17 heavy (non-hydrogen) atoms. The normalized spacial score (nSPS) is 30.8. The zero-order chi connectivity index (χ0) is 12.8. The molecule has 0 aromatic heterocycles. The maximum Gasteiger partial charge on any atom is 0.319 e. The van der Waals surface area contributed by atoms with E-state index >= 15 is 0 Å². The lowest BCUT2D eigenvalue weighted by molar-refractivity contribution is -0.0334. The Bertz CT molecular complexity index is 270. The Morgan fingerprint density at radius 3 is 2.12 bits per heavy atom. The van der Waals surface area contributed by atoms with E-state index in [0.717, 1.165) is 0 Å². The van der Waals surface area contributed by atoms with E-state index in [-0.39, 0.29) is 6.04 Å². The molecule has 0 radical (unpaired) electrons. The third-order valence-electron chi connectivity index (χ3n) is 2.18. The molecule has 0 saturated carbocycles. The van der Waals surface area contributed by atoms with Crippen molar-refractivity contribution < 1.29 is 32.5 Å². The lowest BCUT2D eigenvalue weighted by Gasteiger charge is -2.27. The summed E-state index contributed by atoms with van der Waals surface area (Å²) in [5, 5.41) is 2.69. The molecule has 0 aromatic rings. The highest BCUT2D eigenvalue weighted by Gasteiger charge is 2.25. The van der Waals surface area contributed by atoms with Gasteiger partial charge in [0.25, 0.3) is 0 Å². The van der Waals surface area contributed by atoms with Crippen molar-refractivity contribution in [3.05, 3.63) is 0 Å². The largest absolute Gasteiger partial charge is 0.616 e. The van der Waals surface area contributed by atoms with Crippen LogP contribution in [0.4, 0.5) is 0 Å². The maximum absolute atomic E-state index is 11.1. The molecule has 0 spiro atoms. The molecule has 2 unspecified atom stereocenters. The molecule has 3 N–H and O–H groups in total. The quantitative estimate of drug-likeness (QED) is 0.342. The Kier molecular flexibility index (Phi) is 7.25. The summed E-state index contributed by atoms with van der Waals surface area (Å²) in [6.07, 6.45) is -0.206. The SMILES string of the molecule is O=[PH](O)OC(NC1CC[S+]([O-])CC1)O[PH](=O)O. The second-order valence-electron chi connectivity index (χ2n) is 3.39. The van der Waals surface area contributed by atoms with Gasteiger partial charge in [0.1, 0.15) is 11.5 Å². The molecule has 102 valence electrons. The Balaban J connectivity index is 2.41. The number of rotatable bonds is 6. The first-order valence-electron chi connectivity index (χ1n) is 4.87. The van der Waals surface area contributed by atoms with E-state index in [4.69, 9.17) is 9.79 Å². The topological polar surface area (TPSA) is 128 Å². The van der Waals surface area contributed by atoms with Gasteiger partial charge >= 0.3 is 16.5 Å². The molecule has 0 bridgehead atoms. The second kappa shape index (κ2) is 7.89. The van der Waals surface area contributed by atoms with Crippen LogP contribution >= 0.6 is 16.5 Å². The van der Waals surface area contributed by atoms with Crippen LogP contribution < -0.4 is 5.32 Å². The van der Waals surface area contributed by atoms with Gasteiger partial charge in [-0.05, 0) is 0 Å². The first kappa shape index (κ1) is 15.6. The summed E-state index contributed by atoms with van der Waals surface area (Å²) in [5.74, 6) is 1.04. The first-order valence-corrected chi connectivity index (χ1v) is 8.89. The van der Waals surface area contributed by atoms with Gasteiger partial charge in [-0.25, -0.2) is 0 Å². The third kappa shape index (κ3) is 6.91. The van der Waals surface area contributed by atoms with E-state index in [1.165, 1.54) is 0 Å². The molecule has 11 heteroatoms. The van der Waals surface area contributed by atoms with Crippen molar-refractivity contribution in [1.82, 2.24) is 5.32 Å². The van der Waals surface area contributed by atoms with Crippen molar-refractivity contribution >= 4 is 27.7 Å². The fourth-order valence-corrected chi connectivity index (χ4v) is 3.42. The van der Waals surface area contributed by atoms with Crippen LogP contribution in [0.3, 0.4) is 0 Å². The first-order chi connectivity index (χ1) is 7.97. The molecule has 1 rings (SSSR count). The van der Waals surface area contributed by atoms with Gasteiger partial charge in [0.05, 0.1) is 0 Å². The zero-order valence-electron chi connectivity index (χ0n) is 8.83. The summed E-state index contributed by atoms with van der Waals surface area (Å²) in [7, 11) is -6.54. The van der Waals surface area contributed by atoms with E-state index in [9.17, 15) is 13.7 Å². The zero-order valence-corrected chi connectivity index (χ0v) is 11.6. The molecule has 8 nitrogen and oxygen atoms in total. The van der Waals surface area contributed by atoms with E-state index in [1.54, 1.807) is 0 Å². The van der Waals surface area contributed by atoms with Crippen molar-refractivity contribution in [3.63, 3.8) is 0 Å². The Labute approximate surface area is 103 Å². The lowest BCUT2D eigenvalue weighted by Crippen LogP contribution is -2.44. The van der Waals surface area contributed by atoms with Crippen LogP contribution in [-0.2, 0) is 29.4 Å². The minimum Gasteiger partial charge on any atom is -0.616 e. The van der Waals surface area contributed by atoms with E-state index in [1.807, 2.05) is 0 Å². The van der Waals surface area contributed by atoms with Crippen LogP contribution in [0.15, 0.2) is 0 Å². The minimum absolute atomic E-state index is 0.111. The van der Waals surface area contributed by atoms with Gasteiger partial charge in [0.15, 0.2) is 0 Å². The summed E-state index contributed by atoms with van der Waals surface area (Å²) < 4.78 is 41.0. The maximum atomic E-state index is 11.1. The van der Waals surface area contributed by atoms with Crippen molar-refractivity contribution in [2.75, 3.05) is 11.5 Å². The highest BCUT2D eigenvalue weighted by atomic mass is 32.2. The summed E-state index contributed by atoms with van der Waals surface area (Å²) >= 11 is -0.828. The van der Waals surface area contributed by atoms with E-state index < -0.39 is 34.1 Å². The molecule has 1 fully saturated rings. The Morgan fingerprint density at radius 1 is 1.24 bits per heavy atom. The lowest BCUT2D eigenvalue weighted by atomic mass is 10.2. The van der Waals surface area contributed by atoms with Crippen molar-refractivity contribution in [2.24, 2.45) is 0 Å². The van der Waals surface area contributed by atoms with Crippen molar-refractivity contribution in [2.45, 2.75) is 25.3 Å². The number of hydrogen-bond acceptors (Lipinski definition) is 6. The molecule has 0 amide bonds. The average Bonchev–Trinajstić information content (AvgIpc) is 2.19. The molecule has 1 aliphatic heterocycles. The Hall–Kier alpha value is 0.570. The predicted molar refractivity (Wildman–Crippen MR) is 62.4 cm³/mol. The summed E-state index contributed by atoms with van der Waals surface area (Å²) in [6, 6.07) is -0.111. The van der Waals surface area contributed by atoms with Crippen molar-refractivity contribution in [3.8, 4) is 0 Å². The minimum atomic E-state index is -3.27. The molecular weight excluding hydrogens is 292 g/mol. The van der Waals surface area contributed by atoms with Gasteiger partial charge in [0, 0.05) is 18.9 Å². The highest BCUT2D eigenvalue weighted by molar-refractivity contribution is 7.91. The number of nitrogens with one attached hydrogen (secondary N) is 1. The van der Waals surface area contributed by atoms with Gasteiger partial charge in [-0.3, -0.25) is 23.5 Å². The molecule has 0 aliphatic carbocycles. The fourth-order valence-electron chi connectivity index (χ4n) is 1.43. The molecule has 1 heterocycles. The second-order valence-corrected chi connectivity index (χ2v) is 6.62. The standard InChI is InChI=1S/C6H15NO7P2S/c8-15(9)13-6(14-16(10)11)7-5-1-3-17(12)4-2-5/h5-7,15-16H,1-4H2,(H,8,9)(H,10,11). The predicted octanol–water partition coefficient (Wildman–Crippen LogP) is -0.432. The van der Waals surface area contributed by atoms with Gasteiger partial charge < -0.3 is 14.3 Å². The van der Waals surface area contributed by atoms with Crippen LogP contribution in [0.5, 0.6) is 0 Å². The van der Waals surface area contributed by atoms with E-state index in [0.29, 0.717) is 24.3 Å². The highest BCUT2D eigenvalue weighted by Crippen LogP contribution is 2.26. The molecule has 1 aliphatic rings. The fraction of sp³-hybridized carbons (Fsp3) is 1.00. The van der Waals surface area contributed by atoms with Gasteiger partial charge in [-0.1, -0.05) is 11.2 Å². The third-order valence-corrected chi connectivity index (χ3v) is 4.39. The van der Waals surface area contributed by atoms with Gasteiger partial charge in [-0.15, -0.1) is 0 Å². The van der Waals surface area contributed by atoms with Crippen LogP contribution in [0.2, 0.25) is 0 Å².